The highest BCUT2D eigenvalue weighted by atomic mass is 16.3. The normalized spacial score (nSPS) is 20.0. The Morgan fingerprint density at radius 2 is 1.70 bits per heavy atom. The van der Waals surface area contributed by atoms with E-state index in [0.29, 0.717) is 16.8 Å². The smallest absolute Gasteiger partial charge is 0.264 e. The Balaban J connectivity index is 2.01. The van der Waals surface area contributed by atoms with Gasteiger partial charge in [-0.2, -0.15) is 0 Å². The highest BCUT2D eigenvalue weighted by Gasteiger charge is 2.51. The largest absolute Gasteiger partial charge is 0.375 e. The van der Waals surface area contributed by atoms with Gasteiger partial charge in [0.05, 0.1) is 12.1 Å². The van der Waals surface area contributed by atoms with Gasteiger partial charge in [0.25, 0.3) is 5.91 Å². The third kappa shape index (κ3) is 2.45. The molecule has 0 spiro atoms. The van der Waals surface area contributed by atoms with Crippen molar-refractivity contribution in [1.82, 2.24) is 0 Å². The quantitative estimate of drug-likeness (QED) is 0.884. The molecule has 4 heteroatoms. The van der Waals surface area contributed by atoms with E-state index < -0.39 is 11.5 Å². The molecule has 1 aliphatic rings. The van der Waals surface area contributed by atoms with E-state index in [1.54, 1.807) is 47.4 Å². The number of carbonyl (C=O) groups is 2. The van der Waals surface area contributed by atoms with Gasteiger partial charge in [-0.05, 0) is 19.9 Å². The maximum Gasteiger partial charge on any atom is 0.264 e. The fraction of sp³-hybridized carbons (Fsp3) is 0.263. The van der Waals surface area contributed by atoms with Gasteiger partial charge in [0.1, 0.15) is 0 Å². The molecule has 2 aromatic rings. The summed E-state index contributed by atoms with van der Waals surface area (Å²) < 4.78 is 0. The van der Waals surface area contributed by atoms with Gasteiger partial charge in [-0.15, -0.1) is 0 Å². The van der Waals surface area contributed by atoms with Crippen LogP contribution in [0.3, 0.4) is 0 Å². The van der Waals surface area contributed by atoms with Gasteiger partial charge >= 0.3 is 0 Å². The monoisotopic (exact) mass is 309 g/mol. The number of aliphatic hydroxyl groups is 1. The molecule has 1 N–H and O–H groups in total. The van der Waals surface area contributed by atoms with Crippen LogP contribution in [-0.2, 0) is 10.4 Å². The second-order valence-corrected chi connectivity index (χ2v) is 6.11. The predicted molar refractivity (Wildman–Crippen MR) is 88.4 cm³/mol. The summed E-state index contributed by atoms with van der Waals surface area (Å²) in [5, 5.41) is 11.1. The molecule has 1 heterocycles. The molecule has 0 radical (unpaired) electrons. The number of nitrogens with zero attached hydrogens (tertiary/aromatic N) is 1. The second-order valence-electron chi connectivity index (χ2n) is 6.11. The first-order chi connectivity index (χ1) is 10.9. The molecular formula is C19H19NO3. The second kappa shape index (κ2) is 5.63. The van der Waals surface area contributed by atoms with E-state index in [2.05, 4.69) is 0 Å². The van der Waals surface area contributed by atoms with Gasteiger partial charge in [-0.1, -0.05) is 48.5 Å². The maximum absolute atomic E-state index is 12.8. The molecule has 0 bridgehead atoms. The molecule has 0 saturated carbocycles. The zero-order chi connectivity index (χ0) is 16.6. The lowest BCUT2D eigenvalue weighted by Gasteiger charge is -2.25. The van der Waals surface area contributed by atoms with E-state index in [4.69, 9.17) is 0 Å². The first-order valence-corrected chi connectivity index (χ1v) is 7.69. The lowest BCUT2D eigenvalue weighted by atomic mass is 9.88. The molecule has 118 valence electrons. The summed E-state index contributed by atoms with van der Waals surface area (Å²) in [6, 6.07) is 15.8. The van der Waals surface area contributed by atoms with Crippen LogP contribution in [0.5, 0.6) is 0 Å². The lowest BCUT2D eigenvalue weighted by Crippen LogP contribution is -2.44. The molecule has 3 rings (SSSR count). The van der Waals surface area contributed by atoms with E-state index in [-0.39, 0.29) is 18.2 Å². The highest BCUT2D eigenvalue weighted by Crippen LogP contribution is 2.43. The molecule has 4 nitrogen and oxygen atoms in total. The fourth-order valence-corrected chi connectivity index (χ4v) is 3.10. The number of para-hydroxylation sites is 1. The van der Waals surface area contributed by atoms with Crippen molar-refractivity contribution in [3.05, 3.63) is 65.7 Å². The summed E-state index contributed by atoms with van der Waals surface area (Å²) in [5.74, 6) is -0.681. The van der Waals surface area contributed by atoms with Gasteiger partial charge in [0.15, 0.2) is 11.4 Å². The van der Waals surface area contributed by atoms with Crippen molar-refractivity contribution in [3.8, 4) is 0 Å². The maximum atomic E-state index is 12.8. The van der Waals surface area contributed by atoms with Crippen molar-refractivity contribution in [2.24, 2.45) is 0 Å². The molecule has 0 saturated heterocycles. The van der Waals surface area contributed by atoms with Crippen molar-refractivity contribution in [1.29, 1.82) is 0 Å². The molecule has 1 aliphatic heterocycles. The summed E-state index contributed by atoms with van der Waals surface area (Å²) in [4.78, 5) is 26.9. The number of rotatable bonds is 4. The topological polar surface area (TPSA) is 57.6 Å². The summed E-state index contributed by atoms with van der Waals surface area (Å²) in [6.07, 6.45) is -0.254. The first kappa shape index (κ1) is 15.4. The summed E-state index contributed by atoms with van der Waals surface area (Å²) in [6.45, 7) is 3.78. The molecular weight excluding hydrogens is 290 g/mol. The van der Waals surface area contributed by atoms with Crippen LogP contribution >= 0.6 is 0 Å². The van der Waals surface area contributed by atoms with Crippen molar-refractivity contribution in [2.45, 2.75) is 31.9 Å². The van der Waals surface area contributed by atoms with Crippen LogP contribution in [-0.4, -0.2) is 22.8 Å². The summed E-state index contributed by atoms with van der Waals surface area (Å²) in [5.41, 5.74) is -0.124. The minimum atomic E-state index is -1.80. The number of amides is 1. The standard InChI is InChI=1S/C19H19NO3/c1-13(2)20-16-11-7-6-10-15(16)19(23,18(20)22)12-17(21)14-8-4-3-5-9-14/h3-11,13,23H,12H2,1-2H3/t19-/m1/s1. The number of fused-ring (bicyclic) bond motifs is 1. The number of benzene rings is 2. The highest BCUT2D eigenvalue weighted by molar-refractivity contribution is 6.11. The van der Waals surface area contributed by atoms with E-state index in [1.165, 1.54) is 0 Å². The van der Waals surface area contributed by atoms with Gasteiger partial charge in [0, 0.05) is 17.2 Å². The van der Waals surface area contributed by atoms with E-state index in [1.807, 2.05) is 26.0 Å². The third-order valence-corrected chi connectivity index (χ3v) is 4.21. The SMILES string of the molecule is CC(C)N1C(=O)[C@@](O)(CC(=O)c2ccccc2)c2ccccc21. The fourth-order valence-electron chi connectivity index (χ4n) is 3.10. The zero-order valence-electron chi connectivity index (χ0n) is 13.2. The Morgan fingerprint density at radius 1 is 1.09 bits per heavy atom. The minimum absolute atomic E-state index is 0.0931. The van der Waals surface area contributed by atoms with Crippen molar-refractivity contribution >= 4 is 17.4 Å². The summed E-state index contributed by atoms with van der Waals surface area (Å²) >= 11 is 0. The average molecular weight is 309 g/mol. The number of Topliss-reactive ketones (excluding diaryl/α,β-unsaturated/α-hetero) is 1. The third-order valence-electron chi connectivity index (χ3n) is 4.21. The zero-order valence-corrected chi connectivity index (χ0v) is 13.2. The summed E-state index contributed by atoms with van der Waals surface area (Å²) in [7, 11) is 0. The van der Waals surface area contributed by atoms with Crippen LogP contribution in [0.25, 0.3) is 0 Å². The van der Waals surface area contributed by atoms with Crippen molar-refractivity contribution < 1.29 is 14.7 Å². The van der Waals surface area contributed by atoms with E-state index in [0.717, 1.165) is 0 Å². The van der Waals surface area contributed by atoms with Gasteiger partial charge < -0.3 is 10.0 Å². The number of hydrogen-bond donors (Lipinski definition) is 1. The number of carbonyl (C=O) groups excluding carboxylic acids is 2. The molecule has 0 aromatic heterocycles. The Kier molecular flexibility index (Phi) is 3.78. The van der Waals surface area contributed by atoms with Crippen LogP contribution in [0.4, 0.5) is 5.69 Å². The minimum Gasteiger partial charge on any atom is -0.375 e. The predicted octanol–water partition coefficient (Wildman–Crippen LogP) is 2.90. The van der Waals surface area contributed by atoms with Crippen LogP contribution in [0, 0.1) is 0 Å². The van der Waals surface area contributed by atoms with Crippen LogP contribution in [0.1, 0.15) is 36.2 Å². The molecule has 1 amide bonds. The van der Waals surface area contributed by atoms with E-state index >= 15 is 0 Å². The van der Waals surface area contributed by atoms with Crippen LogP contribution in [0.2, 0.25) is 0 Å². The Morgan fingerprint density at radius 3 is 2.35 bits per heavy atom. The molecule has 0 aliphatic carbocycles. The molecule has 0 fully saturated rings. The van der Waals surface area contributed by atoms with Gasteiger partial charge in [-0.3, -0.25) is 9.59 Å². The molecule has 23 heavy (non-hydrogen) atoms. The lowest BCUT2D eigenvalue weighted by molar-refractivity contribution is -0.136. The molecule has 1 atom stereocenters. The van der Waals surface area contributed by atoms with Crippen LogP contribution in [0.15, 0.2) is 54.6 Å². The van der Waals surface area contributed by atoms with E-state index in [9.17, 15) is 14.7 Å². The van der Waals surface area contributed by atoms with Crippen molar-refractivity contribution in [3.63, 3.8) is 0 Å². The number of anilines is 1. The number of ketones is 1. The van der Waals surface area contributed by atoms with Crippen molar-refractivity contribution in [2.75, 3.05) is 4.90 Å². The molecule has 2 aromatic carbocycles. The van der Waals surface area contributed by atoms with Gasteiger partial charge in [0.2, 0.25) is 0 Å². The first-order valence-electron chi connectivity index (χ1n) is 7.69. The Hall–Kier alpha value is -2.46. The number of hydrogen-bond acceptors (Lipinski definition) is 3. The average Bonchev–Trinajstić information content (AvgIpc) is 2.77. The molecule has 0 unspecified atom stereocenters. The Labute approximate surface area is 135 Å². The Bertz CT molecular complexity index is 754. The van der Waals surface area contributed by atoms with Crippen LogP contribution < -0.4 is 4.90 Å². The van der Waals surface area contributed by atoms with Gasteiger partial charge in [-0.25, -0.2) is 0 Å².